The molecule has 1 unspecified atom stereocenters. The van der Waals surface area contributed by atoms with Crippen LogP contribution in [0.15, 0.2) is 48.9 Å². The summed E-state index contributed by atoms with van der Waals surface area (Å²) in [5.41, 5.74) is 1.64. The lowest BCUT2D eigenvalue weighted by Crippen LogP contribution is -2.21. The number of fused-ring (bicyclic) bond motifs is 1. The van der Waals surface area contributed by atoms with Crippen LogP contribution in [0.5, 0.6) is 5.88 Å². The van der Waals surface area contributed by atoms with Crippen LogP contribution in [0, 0.1) is 6.92 Å². The Bertz CT molecular complexity index is 1310. The molecule has 33 heavy (non-hydrogen) atoms. The summed E-state index contributed by atoms with van der Waals surface area (Å²) in [6.07, 6.45) is 0.377. The van der Waals surface area contributed by atoms with Crippen LogP contribution in [0.4, 0.5) is 13.2 Å². The van der Waals surface area contributed by atoms with Gasteiger partial charge in [-0.2, -0.15) is 13.2 Å². The third-order valence-corrected chi connectivity index (χ3v) is 5.77. The van der Waals surface area contributed by atoms with Crippen molar-refractivity contribution in [3.63, 3.8) is 0 Å². The zero-order chi connectivity index (χ0) is 23.2. The number of halogens is 3. The van der Waals surface area contributed by atoms with Crippen molar-refractivity contribution in [3.05, 3.63) is 71.6 Å². The molecule has 0 N–H and O–H groups in total. The average Bonchev–Trinajstić information content (AvgIpc) is 3.44. The Morgan fingerprint density at radius 3 is 2.64 bits per heavy atom. The van der Waals surface area contributed by atoms with Gasteiger partial charge in [-0.3, -0.25) is 0 Å². The van der Waals surface area contributed by atoms with Crippen molar-refractivity contribution in [1.82, 2.24) is 29.3 Å². The van der Waals surface area contributed by atoms with Gasteiger partial charge in [0, 0.05) is 18.7 Å². The maximum absolute atomic E-state index is 13.6. The molecule has 0 amide bonds. The molecule has 0 saturated carbocycles. The zero-order valence-corrected chi connectivity index (χ0v) is 18.0. The number of methoxy groups -OCH3 is 1. The quantitative estimate of drug-likeness (QED) is 0.444. The molecule has 0 radical (unpaired) electrons. The molecular weight excluding hydrogens is 433 g/mol. The first-order valence-corrected chi connectivity index (χ1v) is 10.5. The highest BCUT2D eigenvalue weighted by Gasteiger charge is 2.37. The maximum Gasteiger partial charge on any atom is 0.416 e. The molecule has 0 aliphatic carbocycles. The van der Waals surface area contributed by atoms with E-state index in [4.69, 9.17) is 4.74 Å². The van der Waals surface area contributed by atoms with Crippen LogP contribution >= 0.6 is 0 Å². The van der Waals surface area contributed by atoms with Gasteiger partial charge in [0.25, 0.3) is 0 Å². The second-order valence-corrected chi connectivity index (χ2v) is 7.94. The Morgan fingerprint density at radius 1 is 1.09 bits per heavy atom. The number of hydrogen-bond donors (Lipinski definition) is 0. The summed E-state index contributed by atoms with van der Waals surface area (Å²) in [5.74, 6) is 0.751. The molecule has 0 saturated heterocycles. The number of aromatic nitrogens is 6. The van der Waals surface area contributed by atoms with Gasteiger partial charge >= 0.3 is 6.18 Å². The molecule has 0 bridgehead atoms. The van der Waals surface area contributed by atoms with E-state index in [0.717, 1.165) is 11.8 Å². The van der Waals surface area contributed by atoms with E-state index >= 15 is 0 Å². The lowest BCUT2D eigenvalue weighted by atomic mass is 9.88. The van der Waals surface area contributed by atoms with Crippen molar-refractivity contribution in [1.29, 1.82) is 0 Å². The minimum atomic E-state index is -4.43. The Morgan fingerprint density at radius 2 is 1.91 bits per heavy atom. The molecular formula is C23H21F3N6O. The molecule has 1 aliphatic heterocycles. The fraction of sp³-hybridized carbons (Fsp3) is 0.304. The molecule has 4 heterocycles. The standard InChI is InChI=1S/C23H21F3N6O/c1-14-12-31(13-27-14)19-10-9-18(28-22(19)33-2)20-29-21-16(7-5-11-32(21)30-20)15-6-3-4-8-17(15)23(24,25)26/h3-4,6,8-10,12-13,16H,5,7,11H2,1-2H3. The third-order valence-electron chi connectivity index (χ3n) is 5.77. The van der Waals surface area contributed by atoms with E-state index in [1.807, 2.05) is 19.2 Å². The van der Waals surface area contributed by atoms with Gasteiger partial charge in [-0.15, -0.1) is 5.10 Å². The summed E-state index contributed by atoms with van der Waals surface area (Å²) in [4.78, 5) is 13.4. The highest BCUT2D eigenvalue weighted by atomic mass is 19.4. The van der Waals surface area contributed by atoms with Crippen molar-refractivity contribution in [2.45, 2.75) is 38.4 Å². The Hall–Kier alpha value is -3.69. The molecule has 0 spiro atoms. The normalized spacial score (nSPS) is 16.0. The Labute approximate surface area is 187 Å². The minimum Gasteiger partial charge on any atom is -0.479 e. The van der Waals surface area contributed by atoms with Crippen LogP contribution in [0.2, 0.25) is 0 Å². The molecule has 1 aromatic carbocycles. The number of alkyl halides is 3. The van der Waals surface area contributed by atoms with Crippen molar-refractivity contribution in [2.75, 3.05) is 7.11 Å². The van der Waals surface area contributed by atoms with E-state index in [1.165, 1.54) is 19.2 Å². The van der Waals surface area contributed by atoms with Gasteiger partial charge in [-0.05, 0) is 43.5 Å². The van der Waals surface area contributed by atoms with Crippen molar-refractivity contribution >= 4 is 0 Å². The highest BCUT2D eigenvalue weighted by molar-refractivity contribution is 5.55. The number of aryl methyl sites for hydroxylation is 2. The predicted molar refractivity (Wildman–Crippen MR) is 114 cm³/mol. The van der Waals surface area contributed by atoms with Crippen LogP contribution in [0.3, 0.4) is 0 Å². The molecule has 10 heteroatoms. The smallest absolute Gasteiger partial charge is 0.416 e. The largest absolute Gasteiger partial charge is 0.479 e. The van der Waals surface area contributed by atoms with Crippen LogP contribution < -0.4 is 4.74 Å². The molecule has 5 rings (SSSR count). The lowest BCUT2D eigenvalue weighted by Gasteiger charge is -2.25. The van der Waals surface area contributed by atoms with Gasteiger partial charge in [0.1, 0.15) is 17.2 Å². The molecule has 7 nitrogen and oxygen atoms in total. The number of pyridine rings is 1. The van der Waals surface area contributed by atoms with Crippen molar-refractivity contribution in [2.24, 2.45) is 0 Å². The van der Waals surface area contributed by atoms with E-state index in [9.17, 15) is 13.2 Å². The minimum absolute atomic E-state index is 0.223. The predicted octanol–water partition coefficient (Wildman–Crippen LogP) is 4.79. The summed E-state index contributed by atoms with van der Waals surface area (Å²) in [6, 6.07) is 9.29. The Balaban J connectivity index is 1.55. The van der Waals surface area contributed by atoms with Gasteiger partial charge in [0.05, 0.1) is 24.7 Å². The molecule has 1 atom stereocenters. The molecule has 4 aromatic rings. The van der Waals surface area contributed by atoms with Gasteiger partial charge in [0.15, 0.2) is 5.82 Å². The van der Waals surface area contributed by atoms with Crippen molar-refractivity contribution in [3.8, 4) is 23.1 Å². The molecule has 170 valence electrons. The Kier molecular flexibility index (Phi) is 5.15. The first-order valence-electron chi connectivity index (χ1n) is 10.5. The monoisotopic (exact) mass is 454 g/mol. The highest BCUT2D eigenvalue weighted by Crippen LogP contribution is 2.40. The van der Waals surface area contributed by atoms with E-state index in [-0.39, 0.29) is 5.56 Å². The molecule has 1 aliphatic rings. The van der Waals surface area contributed by atoms with E-state index in [2.05, 4.69) is 20.1 Å². The fourth-order valence-electron chi connectivity index (χ4n) is 4.27. The SMILES string of the molecule is COc1nc(-c2nc3n(n2)CCCC3c2ccccc2C(F)(F)F)ccc1-n1cnc(C)c1. The number of nitrogens with zero attached hydrogens (tertiary/aromatic N) is 6. The van der Waals surface area contributed by atoms with Gasteiger partial charge < -0.3 is 9.30 Å². The summed E-state index contributed by atoms with van der Waals surface area (Å²) >= 11 is 0. The van der Waals surface area contributed by atoms with Crippen molar-refractivity contribution < 1.29 is 17.9 Å². The third kappa shape index (κ3) is 3.85. The molecule has 3 aromatic heterocycles. The summed E-state index contributed by atoms with van der Waals surface area (Å²) in [7, 11) is 1.52. The van der Waals surface area contributed by atoms with Crippen LogP contribution in [-0.4, -0.2) is 36.4 Å². The topological polar surface area (TPSA) is 70.7 Å². The first-order chi connectivity index (χ1) is 15.8. The van der Waals surface area contributed by atoms with Gasteiger partial charge in [0.2, 0.25) is 5.88 Å². The zero-order valence-electron chi connectivity index (χ0n) is 18.0. The van der Waals surface area contributed by atoms with Gasteiger partial charge in [-0.1, -0.05) is 18.2 Å². The second kappa shape index (κ2) is 8.02. The fourth-order valence-corrected chi connectivity index (χ4v) is 4.27. The average molecular weight is 454 g/mol. The summed E-state index contributed by atoms with van der Waals surface area (Å²) in [6.45, 7) is 2.48. The number of imidazole rings is 1. The number of ether oxygens (including phenoxy) is 1. The van der Waals surface area contributed by atoms with Crippen LogP contribution in [0.25, 0.3) is 17.2 Å². The number of rotatable bonds is 4. The van der Waals surface area contributed by atoms with Crippen LogP contribution in [-0.2, 0) is 12.7 Å². The first kappa shape index (κ1) is 21.2. The van der Waals surface area contributed by atoms with Crippen LogP contribution in [0.1, 0.15) is 41.4 Å². The van der Waals surface area contributed by atoms with E-state index in [0.29, 0.717) is 48.3 Å². The summed E-state index contributed by atoms with van der Waals surface area (Å²) in [5, 5.41) is 4.56. The lowest BCUT2D eigenvalue weighted by molar-refractivity contribution is -0.138. The summed E-state index contributed by atoms with van der Waals surface area (Å²) < 4.78 is 49.9. The number of benzene rings is 1. The van der Waals surface area contributed by atoms with E-state index < -0.39 is 17.7 Å². The van der Waals surface area contributed by atoms with E-state index in [1.54, 1.807) is 27.7 Å². The maximum atomic E-state index is 13.6. The molecule has 0 fully saturated rings. The number of hydrogen-bond acceptors (Lipinski definition) is 5. The van der Waals surface area contributed by atoms with Gasteiger partial charge in [-0.25, -0.2) is 19.6 Å². The second-order valence-electron chi connectivity index (χ2n) is 7.94.